The molecule has 1 unspecified atom stereocenters. The van der Waals surface area contributed by atoms with Crippen molar-refractivity contribution in [3.63, 3.8) is 0 Å². The molecule has 1 amide bonds. The van der Waals surface area contributed by atoms with Crippen molar-refractivity contribution in [1.29, 1.82) is 0 Å². The molecule has 3 aromatic rings. The minimum atomic E-state index is -0.475. The van der Waals surface area contributed by atoms with Crippen LogP contribution in [0.25, 0.3) is 0 Å². The van der Waals surface area contributed by atoms with Crippen molar-refractivity contribution in [2.75, 3.05) is 11.4 Å². The van der Waals surface area contributed by atoms with E-state index in [4.69, 9.17) is 4.74 Å². The number of carbonyl (C=O) groups is 3. The standard InChI is InChI=1S/C25H21NO4/c27-23-15-21(16-26(23)22-9-5-2-6-10-22)25(29)30-17-18-11-13-20(14-12-18)24(28)19-7-3-1-4-8-19/h1-14,21H,15-17H2. The van der Waals surface area contributed by atoms with Crippen molar-refractivity contribution in [3.8, 4) is 0 Å². The summed E-state index contributed by atoms with van der Waals surface area (Å²) in [6, 6.07) is 25.4. The Kier molecular flexibility index (Phi) is 5.70. The van der Waals surface area contributed by atoms with Crippen molar-refractivity contribution in [2.45, 2.75) is 13.0 Å². The SMILES string of the molecule is O=C(c1ccccc1)c1ccc(COC(=O)C2CC(=O)N(c3ccccc3)C2)cc1. The highest BCUT2D eigenvalue weighted by Crippen LogP contribution is 2.26. The smallest absolute Gasteiger partial charge is 0.311 e. The highest BCUT2D eigenvalue weighted by Gasteiger charge is 2.36. The summed E-state index contributed by atoms with van der Waals surface area (Å²) in [6.45, 7) is 0.431. The third kappa shape index (κ3) is 4.30. The highest BCUT2D eigenvalue weighted by molar-refractivity contribution is 6.08. The van der Waals surface area contributed by atoms with Crippen LogP contribution in [0.3, 0.4) is 0 Å². The number of anilines is 1. The molecule has 0 aromatic heterocycles. The average molecular weight is 399 g/mol. The third-order valence-corrected chi connectivity index (χ3v) is 5.16. The lowest BCUT2D eigenvalue weighted by molar-refractivity contribution is -0.149. The van der Waals surface area contributed by atoms with E-state index in [0.29, 0.717) is 17.7 Å². The molecule has 0 saturated carbocycles. The molecule has 150 valence electrons. The number of benzene rings is 3. The lowest BCUT2D eigenvalue weighted by atomic mass is 10.0. The molecule has 0 bridgehead atoms. The van der Waals surface area contributed by atoms with Gasteiger partial charge in [0.2, 0.25) is 5.91 Å². The van der Waals surface area contributed by atoms with Gasteiger partial charge in [0, 0.05) is 29.8 Å². The molecule has 1 aliphatic heterocycles. The number of hydrogen-bond acceptors (Lipinski definition) is 4. The van der Waals surface area contributed by atoms with Crippen LogP contribution in [0.1, 0.15) is 27.9 Å². The van der Waals surface area contributed by atoms with E-state index in [1.54, 1.807) is 41.3 Å². The van der Waals surface area contributed by atoms with Crippen LogP contribution in [-0.2, 0) is 20.9 Å². The Morgan fingerprint density at radius 1 is 0.833 bits per heavy atom. The van der Waals surface area contributed by atoms with Gasteiger partial charge in [0.15, 0.2) is 5.78 Å². The molecular formula is C25H21NO4. The summed E-state index contributed by atoms with van der Waals surface area (Å²) in [5, 5.41) is 0. The van der Waals surface area contributed by atoms with Gasteiger partial charge in [-0.2, -0.15) is 0 Å². The molecule has 0 N–H and O–H groups in total. The summed E-state index contributed by atoms with van der Waals surface area (Å²) >= 11 is 0. The second-order valence-corrected chi connectivity index (χ2v) is 7.24. The zero-order valence-electron chi connectivity index (χ0n) is 16.4. The molecule has 4 rings (SSSR count). The molecule has 30 heavy (non-hydrogen) atoms. The second-order valence-electron chi connectivity index (χ2n) is 7.24. The van der Waals surface area contributed by atoms with Crippen LogP contribution >= 0.6 is 0 Å². The summed E-state index contributed by atoms with van der Waals surface area (Å²) in [7, 11) is 0. The van der Waals surface area contributed by atoms with Crippen LogP contribution in [0, 0.1) is 5.92 Å². The van der Waals surface area contributed by atoms with Gasteiger partial charge in [-0.05, 0) is 17.7 Å². The zero-order chi connectivity index (χ0) is 20.9. The molecule has 1 saturated heterocycles. The van der Waals surface area contributed by atoms with Crippen molar-refractivity contribution in [1.82, 2.24) is 0 Å². The van der Waals surface area contributed by atoms with E-state index in [-0.39, 0.29) is 30.7 Å². The van der Waals surface area contributed by atoms with Crippen LogP contribution < -0.4 is 4.90 Å². The first-order valence-electron chi connectivity index (χ1n) is 9.82. The number of esters is 1. The summed E-state index contributed by atoms with van der Waals surface area (Å²) in [6.07, 6.45) is 0.151. The van der Waals surface area contributed by atoms with Crippen LogP contribution in [0.15, 0.2) is 84.9 Å². The maximum atomic E-state index is 12.5. The largest absolute Gasteiger partial charge is 0.461 e. The van der Waals surface area contributed by atoms with Crippen LogP contribution in [0.4, 0.5) is 5.69 Å². The molecular weight excluding hydrogens is 378 g/mol. The molecule has 0 aliphatic carbocycles. The predicted octanol–water partition coefficient (Wildman–Crippen LogP) is 4.01. The minimum absolute atomic E-state index is 0.0513. The van der Waals surface area contributed by atoms with E-state index < -0.39 is 5.92 Å². The van der Waals surface area contributed by atoms with Crippen molar-refractivity contribution < 1.29 is 19.1 Å². The Balaban J connectivity index is 1.33. The lowest BCUT2D eigenvalue weighted by Crippen LogP contribution is -2.26. The van der Waals surface area contributed by atoms with E-state index in [2.05, 4.69) is 0 Å². The number of nitrogens with zero attached hydrogens (tertiary/aromatic N) is 1. The monoisotopic (exact) mass is 399 g/mol. The Morgan fingerprint density at radius 3 is 2.10 bits per heavy atom. The fourth-order valence-corrected chi connectivity index (χ4v) is 3.50. The van der Waals surface area contributed by atoms with Gasteiger partial charge in [0.1, 0.15) is 6.61 Å². The van der Waals surface area contributed by atoms with E-state index in [1.807, 2.05) is 48.5 Å². The quantitative estimate of drug-likeness (QED) is 0.464. The van der Waals surface area contributed by atoms with E-state index in [1.165, 1.54) is 0 Å². The summed E-state index contributed by atoms with van der Waals surface area (Å²) in [4.78, 5) is 38.8. The number of ether oxygens (including phenoxy) is 1. The molecule has 5 nitrogen and oxygen atoms in total. The number of rotatable bonds is 6. The number of para-hydroxylation sites is 1. The first-order valence-corrected chi connectivity index (χ1v) is 9.82. The predicted molar refractivity (Wildman–Crippen MR) is 113 cm³/mol. The van der Waals surface area contributed by atoms with Gasteiger partial charge in [-0.3, -0.25) is 14.4 Å². The molecule has 1 aliphatic rings. The van der Waals surface area contributed by atoms with Gasteiger partial charge in [-0.1, -0.05) is 72.8 Å². The average Bonchev–Trinajstić information content (AvgIpc) is 3.20. The van der Waals surface area contributed by atoms with Crippen molar-refractivity contribution in [3.05, 3.63) is 102 Å². The maximum Gasteiger partial charge on any atom is 0.311 e. The topological polar surface area (TPSA) is 63.7 Å². The number of amides is 1. The van der Waals surface area contributed by atoms with Gasteiger partial charge in [0.25, 0.3) is 0 Å². The first-order chi connectivity index (χ1) is 14.6. The normalized spacial score (nSPS) is 15.8. The van der Waals surface area contributed by atoms with Crippen LogP contribution in [0.2, 0.25) is 0 Å². The Hall–Kier alpha value is -3.73. The summed E-state index contributed by atoms with van der Waals surface area (Å²) in [5.74, 6) is -0.987. The molecule has 0 radical (unpaired) electrons. The Labute approximate surface area is 174 Å². The fraction of sp³-hybridized carbons (Fsp3) is 0.160. The minimum Gasteiger partial charge on any atom is -0.461 e. The summed E-state index contributed by atoms with van der Waals surface area (Å²) in [5.41, 5.74) is 2.79. The number of ketones is 1. The van der Waals surface area contributed by atoms with Crippen LogP contribution in [-0.4, -0.2) is 24.2 Å². The number of hydrogen-bond donors (Lipinski definition) is 0. The molecule has 0 spiro atoms. The van der Waals surface area contributed by atoms with Gasteiger partial charge in [-0.25, -0.2) is 0 Å². The van der Waals surface area contributed by atoms with Gasteiger partial charge >= 0.3 is 5.97 Å². The molecule has 5 heteroatoms. The molecule has 3 aromatic carbocycles. The van der Waals surface area contributed by atoms with Crippen molar-refractivity contribution in [2.24, 2.45) is 5.92 Å². The summed E-state index contributed by atoms with van der Waals surface area (Å²) < 4.78 is 5.43. The van der Waals surface area contributed by atoms with Gasteiger partial charge < -0.3 is 9.64 Å². The fourth-order valence-electron chi connectivity index (χ4n) is 3.50. The van der Waals surface area contributed by atoms with Crippen molar-refractivity contribution >= 4 is 23.3 Å². The maximum absolute atomic E-state index is 12.5. The lowest BCUT2D eigenvalue weighted by Gasteiger charge is -2.16. The van der Waals surface area contributed by atoms with E-state index in [0.717, 1.165) is 11.3 Å². The van der Waals surface area contributed by atoms with Crippen LogP contribution in [0.5, 0.6) is 0 Å². The first kappa shape index (κ1) is 19.6. The number of carbonyl (C=O) groups excluding carboxylic acids is 3. The highest BCUT2D eigenvalue weighted by atomic mass is 16.5. The molecule has 1 atom stereocenters. The Morgan fingerprint density at radius 2 is 1.43 bits per heavy atom. The Bertz CT molecular complexity index is 1050. The van der Waals surface area contributed by atoms with E-state index in [9.17, 15) is 14.4 Å². The second kappa shape index (κ2) is 8.74. The van der Waals surface area contributed by atoms with Gasteiger partial charge in [0.05, 0.1) is 5.92 Å². The molecule has 1 fully saturated rings. The zero-order valence-corrected chi connectivity index (χ0v) is 16.4. The third-order valence-electron chi connectivity index (χ3n) is 5.16. The molecule has 1 heterocycles. The van der Waals surface area contributed by atoms with Gasteiger partial charge in [-0.15, -0.1) is 0 Å². The van der Waals surface area contributed by atoms with E-state index >= 15 is 0 Å².